The molecule has 0 aromatic carbocycles. The molecular formula is C14H24FN3O3. The minimum atomic E-state index is -1.18. The van der Waals surface area contributed by atoms with Crippen LogP contribution in [-0.4, -0.2) is 61.4 Å². The maximum Gasteiger partial charge on any atom is 0.318 e. The highest BCUT2D eigenvalue weighted by Crippen LogP contribution is 2.27. The predicted octanol–water partition coefficient (Wildman–Crippen LogP) is 0.668. The van der Waals surface area contributed by atoms with E-state index in [0.717, 1.165) is 0 Å². The summed E-state index contributed by atoms with van der Waals surface area (Å²) in [7, 11) is 1.43. The molecule has 0 unspecified atom stereocenters. The van der Waals surface area contributed by atoms with E-state index >= 15 is 0 Å². The smallest absolute Gasteiger partial charge is 0.318 e. The second-order valence-electron chi connectivity index (χ2n) is 6.86. The van der Waals surface area contributed by atoms with Crippen molar-refractivity contribution in [2.45, 2.75) is 51.6 Å². The van der Waals surface area contributed by atoms with Crippen LogP contribution in [0.5, 0.6) is 0 Å². The average Bonchev–Trinajstić information content (AvgIpc) is 2.93. The first-order valence-electron chi connectivity index (χ1n) is 7.25. The lowest BCUT2D eigenvalue weighted by molar-refractivity contribution is -0.121. The van der Waals surface area contributed by atoms with E-state index in [2.05, 4.69) is 10.6 Å². The van der Waals surface area contributed by atoms with Crippen LogP contribution in [0.1, 0.15) is 27.2 Å². The van der Waals surface area contributed by atoms with E-state index in [0.29, 0.717) is 6.42 Å². The molecule has 2 aliphatic heterocycles. The van der Waals surface area contributed by atoms with Gasteiger partial charge in [0.05, 0.1) is 13.1 Å². The fraction of sp³-hybridized carbons (Fsp3) is 0.857. The molecule has 7 heteroatoms. The number of alkyl halides is 1. The monoisotopic (exact) mass is 301 g/mol. The molecule has 2 N–H and O–H groups in total. The van der Waals surface area contributed by atoms with Gasteiger partial charge in [0.2, 0.25) is 5.91 Å². The number of hydrogen-bond donors (Lipinski definition) is 2. The maximum atomic E-state index is 13.6. The number of nitrogens with zero attached hydrogens (tertiary/aromatic N) is 1. The molecule has 0 saturated carbocycles. The average molecular weight is 301 g/mol. The van der Waals surface area contributed by atoms with Crippen LogP contribution in [0.3, 0.4) is 0 Å². The van der Waals surface area contributed by atoms with Gasteiger partial charge in [-0.2, -0.15) is 0 Å². The lowest BCUT2D eigenvalue weighted by atomic mass is 9.85. The third kappa shape index (κ3) is 3.45. The van der Waals surface area contributed by atoms with Gasteiger partial charge >= 0.3 is 6.03 Å². The summed E-state index contributed by atoms with van der Waals surface area (Å²) in [4.78, 5) is 25.4. The lowest BCUT2D eigenvalue weighted by Gasteiger charge is -2.26. The zero-order valence-electron chi connectivity index (χ0n) is 13.0. The minimum Gasteiger partial charge on any atom is -0.376 e. The number of carbonyl (C=O) groups excluding carboxylic acids is 2. The van der Waals surface area contributed by atoms with Crippen LogP contribution in [0.4, 0.5) is 9.18 Å². The van der Waals surface area contributed by atoms with Crippen LogP contribution < -0.4 is 10.6 Å². The molecule has 0 radical (unpaired) electrons. The van der Waals surface area contributed by atoms with Crippen LogP contribution in [0.25, 0.3) is 0 Å². The lowest BCUT2D eigenvalue weighted by Crippen LogP contribution is -2.47. The van der Waals surface area contributed by atoms with Crippen LogP contribution in [-0.2, 0) is 9.53 Å². The summed E-state index contributed by atoms with van der Waals surface area (Å²) in [5.41, 5.74) is -0.0615. The maximum absolute atomic E-state index is 13.6. The molecule has 0 bridgehead atoms. The fourth-order valence-corrected chi connectivity index (χ4v) is 2.73. The highest BCUT2D eigenvalue weighted by atomic mass is 19.1. The van der Waals surface area contributed by atoms with E-state index in [1.165, 1.54) is 12.0 Å². The molecule has 2 saturated heterocycles. The Kier molecular flexibility index (Phi) is 4.41. The molecule has 0 aromatic rings. The van der Waals surface area contributed by atoms with Crippen molar-refractivity contribution < 1.29 is 18.7 Å². The zero-order valence-corrected chi connectivity index (χ0v) is 13.0. The first-order valence-corrected chi connectivity index (χ1v) is 7.25. The molecule has 120 valence electrons. The number of amides is 3. The van der Waals surface area contributed by atoms with Crippen molar-refractivity contribution in [3.63, 3.8) is 0 Å². The SMILES string of the molecule is CO[C@@H]1CN(C(=O)N[C@@H]2C[C@H](C(C)(C)C)NC2=O)C[C@H]1F. The van der Waals surface area contributed by atoms with Gasteiger partial charge in [-0.1, -0.05) is 20.8 Å². The highest BCUT2D eigenvalue weighted by Gasteiger charge is 2.41. The van der Waals surface area contributed by atoms with Crippen molar-refractivity contribution in [1.29, 1.82) is 0 Å². The van der Waals surface area contributed by atoms with Gasteiger partial charge in [-0.25, -0.2) is 9.18 Å². The van der Waals surface area contributed by atoms with E-state index in [4.69, 9.17) is 4.74 Å². The normalized spacial score (nSPS) is 33.2. The number of halogens is 1. The Morgan fingerprint density at radius 2 is 2.10 bits per heavy atom. The summed E-state index contributed by atoms with van der Waals surface area (Å²) in [6.45, 7) is 6.33. The van der Waals surface area contributed by atoms with Crippen LogP contribution in [0.15, 0.2) is 0 Å². The summed E-state index contributed by atoms with van der Waals surface area (Å²) < 4.78 is 18.6. The van der Waals surface area contributed by atoms with Crippen LogP contribution in [0, 0.1) is 5.41 Å². The second kappa shape index (κ2) is 5.79. The number of methoxy groups -OCH3 is 1. The zero-order chi connectivity index (χ0) is 15.8. The Hall–Kier alpha value is -1.37. The number of rotatable bonds is 2. The highest BCUT2D eigenvalue weighted by molar-refractivity contribution is 5.89. The number of carbonyl (C=O) groups is 2. The van der Waals surface area contributed by atoms with E-state index in [9.17, 15) is 14.0 Å². The summed E-state index contributed by atoms with van der Waals surface area (Å²) in [6.07, 6.45) is -1.22. The Balaban J connectivity index is 1.91. The van der Waals surface area contributed by atoms with Crippen LogP contribution in [0.2, 0.25) is 0 Å². The predicted molar refractivity (Wildman–Crippen MR) is 75.6 cm³/mol. The number of ether oxygens (including phenoxy) is 1. The first kappa shape index (κ1) is 16.0. The summed E-state index contributed by atoms with van der Waals surface area (Å²) in [5.74, 6) is -0.178. The van der Waals surface area contributed by atoms with Crippen molar-refractivity contribution in [2.24, 2.45) is 5.41 Å². The number of nitrogens with one attached hydrogen (secondary N) is 2. The quantitative estimate of drug-likeness (QED) is 0.787. The first-order chi connectivity index (χ1) is 9.72. The van der Waals surface area contributed by atoms with Crippen LogP contribution >= 0.6 is 0 Å². The molecule has 0 aromatic heterocycles. The number of urea groups is 1. The van der Waals surface area contributed by atoms with Gasteiger partial charge in [0, 0.05) is 13.2 Å². The molecule has 2 rings (SSSR count). The molecule has 2 heterocycles. The fourth-order valence-electron chi connectivity index (χ4n) is 2.73. The van der Waals surface area contributed by atoms with Crippen molar-refractivity contribution in [3.05, 3.63) is 0 Å². The molecule has 6 nitrogen and oxygen atoms in total. The van der Waals surface area contributed by atoms with Gasteiger partial charge in [-0.05, 0) is 11.8 Å². The summed E-state index contributed by atoms with van der Waals surface area (Å²) in [6, 6.07) is -0.942. The number of hydrogen-bond acceptors (Lipinski definition) is 3. The van der Waals surface area contributed by atoms with Gasteiger partial charge in [0.15, 0.2) is 0 Å². The minimum absolute atomic E-state index is 0.00137. The third-order valence-corrected chi connectivity index (χ3v) is 4.24. The largest absolute Gasteiger partial charge is 0.376 e. The molecule has 2 aliphatic rings. The Labute approximate surface area is 124 Å². The molecular weight excluding hydrogens is 277 g/mol. The van der Waals surface area contributed by atoms with E-state index in [1.807, 2.05) is 20.8 Å². The Bertz CT molecular complexity index is 424. The van der Waals surface area contributed by atoms with Gasteiger partial charge in [-0.15, -0.1) is 0 Å². The molecule has 3 amide bonds. The van der Waals surface area contributed by atoms with Gasteiger partial charge in [0.1, 0.15) is 18.3 Å². The second-order valence-corrected chi connectivity index (χ2v) is 6.86. The van der Waals surface area contributed by atoms with Crippen molar-refractivity contribution in [1.82, 2.24) is 15.5 Å². The Morgan fingerprint density at radius 3 is 2.57 bits per heavy atom. The molecule has 2 fully saturated rings. The molecule has 4 atom stereocenters. The third-order valence-electron chi connectivity index (χ3n) is 4.24. The van der Waals surface area contributed by atoms with E-state index < -0.39 is 24.3 Å². The van der Waals surface area contributed by atoms with Gasteiger partial charge in [-0.3, -0.25) is 4.79 Å². The van der Waals surface area contributed by atoms with Gasteiger partial charge < -0.3 is 20.3 Å². The van der Waals surface area contributed by atoms with Crippen molar-refractivity contribution in [3.8, 4) is 0 Å². The Morgan fingerprint density at radius 1 is 1.43 bits per heavy atom. The summed E-state index contributed by atoms with van der Waals surface area (Å²) >= 11 is 0. The van der Waals surface area contributed by atoms with E-state index in [1.54, 1.807) is 0 Å². The number of likely N-dealkylation sites (tertiary alicyclic amines) is 1. The summed E-state index contributed by atoms with van der Waals surface area (Å²) in [5, 5.41) is 5.59. The molecule has 0 spiro atoms. The van der Waals surface area contributed by atoms with Crippen molar-refractivity contribution in [2.75, 3.05) is 20.2 Å². The molecule has 21 heavy (non-hydrogen) atoms. The molecule has 0 aliphatic carbocycles. The standard InChI is InChI=1S/C14H24FN3O3/c1-14(2,3)11-5-9(12(19)17-11)16-13(20)18-6-8(15)10(7-18)21-4/h8-11H,5-7H2,1-4H3,(H,16,20)(H,17,19)/t8-,9-,10-,11-/m1/s1. The van der Waals surface area contributed by atoms with E-state index in [-0.39, 0.29) is 30.5 Å². The van der Waals surface area contributed by atoms with Crippen molar-refractivity contribution >= 4 is 11.9 Å². The topological polar surface area (TPSA) is 70.7 Å². The van der Waals surface area contributed by atoms with Gasteiger partial charge in [0.25, 0.3) is 0 Å².